The van der Waals surface area contributed by atoms with Crippen LogP contribution in [0.25, 0.3) is 0 Å². The van der Waals surface area contributed by atoms with Crippen LogP contribution in [0.5, 0.6) is 0 Å². The molecular formula is C17H23N3O6. The number of carboxylic acid groups (broad SMARTS) is 1. The highest BCUT2D eigenvalue weighted by Crippen LogP contribution is 2.23. The second-order valence-corrected chi connectivity index (χ2v) is 6.22. The maximum absolute atomic E-state index is 12.4. The minimum absolute atomic E-state index is 0.0863. The molecule has 9 nitrogen and oxygen atoms in total. The molecule has 0 saturated carbocycles. The number of rotatable bonds is 3. The topological polar surface area (TPSA) is 118 Å². The number of aromatic nitrogens is 1. The first-order valence-electron chi connectivity index (χ1n) is 8.26. The van der Waals surface area contributed by atoms with Crippen molar-refractivity contribution in [2.75, 3.05) is 26.8 Å². The van der Waals surface area contributed by atoms with Crippen LogP contribution < -0.4 is 5.32 Å². The van der Waals surface area contributed by atoms with Gasteiger partial charge in [-0.2, -0.15) is 0 Å². The van der Waals surface area contributed by atoms with Gasteiger partial charge in [0.25, 0.3) is 12.4 Å². The number of hydrogen-bond donors (Lipinski definition) is 2. The van der Waals surface area contributed by atoms with Crippen LogP contribution in [0.2, 0.25) is 0 Å². The maximum Gasteiger partial charge on any atom is 0.339 e. The minimum Gasteiger partial charge on any atom is -0.483 e. The lowest BCUT2D eigenvalue weighted by Crippen LogP contribution is -2.45. The van der Waals surface area contributed by atoms with Gasteiger partial charge in [-0.25, -0.2) is 4.79 Å². The van der Waals surface area contributed by atoms with Gasteiger partial charge in [0.2, 0.25) is 0 Å². The van der Waals surface area contributed by atoms with Gasteiger partial charge in [-0.1, -0.05) is 0 Å². The molecule has 2 saturated heterocycles. The summed E-state index contributed by atoms with van der Waals surface area (Å²) in [6, 6.07) is 1.96. The number of nitrogens with zero attached hydrogens (tertiary/aromatic N) is 2. The van der Waals surface area contributed by atoms with Gasteiger partial charge < -0.3 is 19.9 Å². The third-order valence-electron chi connectivity index (χ3n) is 4.35. The number of hydrogen-bond acceptors (Lipinski definition) is 7. The highest BCUT2D eigenvalue weighted by molar-refractivity contribution is 5.97. The molecule has 142 valence electrons. The van der Waals surface area contributed by atoms with E-state index in [1.165, 1.54) is 25.6 Å². The Labute approximate surface area is 151 Å². The van der Waals surface area contributed by atoms with E-state index < -0.39 is 5.97 Å². The molecule has 1 amide bonds. The van der Waals surface area contributed by atoms with E-state index in [4.69, 9.17) is 14.6 Å². The van der Waals surface area contributed by atoms with E-state index in [0.717, 1.165) is 19.5 Å². The molecule has 3 atom stereocenters. The lowest BCUT2D eigenvalue weighted by molar-refractivity contribution is -0.122. The predicted molar refractivity (Wildman–Crippen MR) is 90.9 cm³/mol. The van der Waals surface area contributed by atoms with Crippen LogP contribution in [0.1, 0.15) is 34.1 Å². The lowest BCUT2D eigenvalue weighted by Gasteiger charge is -2.33. The van der Waals surface area contributed by atoms with Gasteiger partial charge in [0.1, 0.15) is 0 Å². The van der Waals surface area contributed by atoms with Crippen LogP contribution in [-0.4, -0.2) is 78.3 Å². The Kier molecular flexibility index (Phi) is 7.05. The molecule has 0 bridgehead atoms. The fraction of sp³-hybridized carbons (Fsp3) is 0.529. The number of esters is 1. The molecule has 0 unspecified atom stereocenters. The van der Waals surface area contributed by atoms with Crippen LogP contribution >= 0.6 is 0 Å². The summed E-state index contributed by atoms with van der Waals surface area (Å²) in [4.78, 5) is 38.6. The standard InChI is InChI=1S/C16H21N3O4.CH2O2/c1-10-7-19-8-13(4-14(19)9-23-10)18-15(20)11-3-12(6-17-5-11)16(21)22-2;2-1-3/h3,5-6,10,13-14H,4,7-9H2,1-2H3,(H,18,20);1H,(H,2,3)/t10-,13+,14-;/m0./s1. The number of carbonyl (C=O) groups is 3. The SMILES string of the molecule is COC(=O)c1cncc(C(=O)N[C@@H]2C[C@H]3CO[C@@H](C)CN3C2)c1.O=CO. The summed E-state index contributed by atoms with van der Waals surface area (Å²) in [5.41, 5.74) is 0.633. The Morgan fingerprint density at radius 3 is 2.77 bits per heavy atom. The summed E-state index contributed by atoms with van der Waals surface area (Å²) in [5, 5.41) is 9.91. The van der Waals surface area contributed by atoms with Crippen LogP contribution in [-0.2, 0) is 14.3 Å². The first-order valence-corrected chi connectivity index (χ1v) is 8.26. The van der Waals surface area contributed by atoms with E-state index in [-0.39, 0.29) is 30.1 Å². The Hall–Kier alpha value is -2.52. The van der Waals surface area contributed by atoms with E-state index >= 15 is 0 Å². The summed E-state index contributed by atoms with van der Waals surface area (Å²) >= 11 is 0. The molecule has 1 aromatic rings. The number of pyridine rings is 1. The monoisotopic (exact) mass is 365 g/mol. The molecule has 2 aliphatic heterocycles. The summed E-state index contributed by atoms with van der Waals surface area (Å²) in [6.07, 6.45) is 3.95. The minimum atomic E-state index is -0.503. The zero-order valence-corrected chi connectivity index (χ0v) is 14.8. The summed E-state index contributed by atoms with van der Waals surface area (Å²) in [6.45, 7) is 4.25. The summed E-state index contributed by atoms with van der Waals surface area (Å²) in [7, 11) is 1.30. The highest BCUT2D eigenvalue weighted by atomic mass is 16.5. The van der Waals surface area contributed by atoms with Crippen molar-refractivity contribution < 1.29 is 29.0 Å². The number of ether oxygens (including phenoxy) is 2. The van der Waals surface area contributed by atoms with Crippen molar-refractivity contribution in [2.24, 2.45) is 0 Å². The van der Waals surface area contributed by atoms with Crippen molar-refractivity contribution in [3.8, 4) is 0 Å². The molecule has 2 N–H and O–H groups in total. The molecule has 1 aromatic heterocycles. The van der Waals surface area contributed by atoms with Gasteiger partial charge in [-0.3, -0.25) is 19.5 Å². The fourth-order valence-electron chi connectivity index (χ4n) is 3.21. The number of nitrogens with one attached hydrogen (secondary N) is 1. The third-order valence-corrected chi connectivity index (χ3v) is 4.35. The molecule has 9 heteroatoms. The van der Waals surface area contributed by atoms with Crippen molar-refractivity contribution in [1.82, 2.24) is 15.2 Å². The van der Waals surface area contributed by atoms with E-state index in [9.17, 15) is 9.59 Å². The second kappa shape index (κ2) is 9.25. The van der Waals surface area contributed by atoms with Gasteiger partial charge in [0.15, 0.2) is 0 Å². The van der Waals surface area contributed by atoms with E-state index in [0.29, 0.717) is 18.2 Å². The van der Waals surface area contributed by atoms with E-state index in [1.54, 1.807) is 0 Å². The van der Waals surface area contributed by atoms with Gasteiger partial charge in [-0.15, -0.1) is 0 Å². The van der Waals surface area contributed by atoms with Gasteiger partial charge >= 0.3 is 5.97 Å². The first kappa shape index (κ1) is 19.8. The third kappa shape index (κ3) is 4.99. The molecule has 0 spiro atoms. The number of fused-ring (bicyclic) bond motifs is 1. The zero-order chi connectivity index (χ0) is 19.1. The smallest absolute Gasteiger partial charge is 0.339 e. The Balaban J connectivity index is 0.000000758. The first-order chi connectivity index (χ1) is 12.5. The maximum atomic E-state index is 12.4. The predicted octanol–water partition coefficient (Wildman–Crippen LogP) is 0.160. The van der Waals surface area contributed by atoms with Crippen LogP contribution in [0.15, 0.2) is 18.5 Å². The molecule has 0 aliphatic carbocycles. The lowest BCUT2D eigenvalue weighted by atomic mass is 10.1. The van der Waals surface area contributed by atoms with Crippen molar-refractivity contribution in [3.05, 3.63) is 29.6 Å². The van der Waals surface area contributed by atoms with Crippen molar-refractivity contribution in [1.29, 1.82) is 0 Å². The number of methoxy groups -OCH3 is 1. The quantitative estimate of drug-likeness (QED) is 0.574. The number of morpholine rings is 1. The molecule has 2 aliphatic rings. The van der Waals surface area contributed by atoms with Crippen LogP contribution in [0.3, 0.4) is 0 Å². The molecule has 0 aromatic carbocycles. The van der Waals surface area contributed by atoms with Crippen LogP contribution in [0, 0.1) is 0 Å². The van der Waals surface area contributed by atoms with Gasteiger partial charge in [-0.05, 0) is 19.4 Å². The largest absolute Gasteiger partial charge is 0.483 e. The second-order valence-electron chi connectivity index (χ2n) is 6.22. The fourth-order valence-corrected chi connectivity index (χ4v) is 3.21. The molecule has 0 radical (unpaired) electrons. The molecule has 26 heavy (non-hydrogen) atoms. The number of carbonyl (C=O) groups excluding carboxylic acids is 2. The number of amides is 1. The molecular weight excluding hydrogens is 342 g/mol. The zero-order valence-electron chi connectivity index (χ0n) is 14.8. The van der Waals surface area contributed by atoms with Crippen LogP contribution in [0.4, 0.5) is 0 Å². The highest BCUT2D eigenvalue weighted by Gasteiger charge is 2.36. The summed E-state index contributed by atoms with van der Waals surface area (Å²) in [5.74, 6) is -0.724. The summed E-state index contributed by atoms with van der Waals surface area (Å²) < 4.78 is 10.3. The molecule has 3 heterocycles. The average Bonchev–Trinajstić information content (AvgIpc) is 3.03. The van der Waals surface area contributed by atoms with Gasteiger partial charge in [0.05, 0.1) is 30.9 Å². The Bertz CT molecular complexity index is 653. The normalized spacial score (nSPS) is 24.6. The van der Waals surface area contributed by atoms with Crippen molar-refractivity contribution in [2.45, 2.75) is 31.5 Å². The van der Waals surface area contributed by atoms with Gasteiger partial charge in [0, 0.05) is 37.6 Å². The molecule has 3 rings (SSSR count). The van der Waals surface area contributed by atoms with Crippen molar-refractivity contribution in [3.63, 3.8) is 0 Å². The van der Waals surface area contributed by atoms with E-state index in [2.05, 4.69) is 26.9 Å². The average molecular weight is 365 g/mol. The Morgan fingerprint density at radius 1 is 1.38 bits per heavy atom. The molecule has 2 fully saturated rings. The van der Waals surface area contributed by atoms with E-state index in [1.807, 2.05) is 0 Å². The Morgan fingerprint density at radius 2 is 2.08 bits per heavy atom. The van der Waals surface area contributed by atoms with Crippen molar-refractivity contribution >= 4 is 18.3 Å².